The van der Waals surface area contributed by atoms with Crippen molar-refractivity contribution >= 4 is 40.0 Å². The van der Waals surface area contributed by atoms with Crippen LogP contribution in [0.3, 0.4) is 0 Å². The summed E-state index contributed by atoms with van der Waals surface area (Å²) < 4.78 is 11.0. The summed E-state index contributed by atoms with van der Waals surface area (Å²) in [6, 6.07) is 54.9. The van der Waals surface area contributed by atoms with Gasteiger partial charge in [-0.1, -0.05) is 131 Å². The van der Waals surface area contributed by atoms with Crippen LogP contribution in [0.4, 0.5) is 5.69 Å². The number of fused-ring (bicyclic) bond motifs is 3. The molecule has 8 aromatic rings. The fourth-order valence-electron chi connectivity index (χ4n) is 7.82. The Labute approximate surface area is 366 Å². The zero-order chi connectivity index (χ0) is 40.9. The smallest absolute Gasteiger partial charge is 0.509 e. The number of aliphatic imine (C=N–C) groups is 1. The van der Waals surface area contributed by atoms with E-state index in [0.29, 0.717) is 17.1 Å². The molecule has 0 N–H and O–H groups in total. The molecule has 1 aliphatic rings. The first-order valence-corrected chi connectivity index (χ1v) is 20.0. The van der Waals surface area contributed by atoms with Crippen LogP contribution in [0.1, 0.15) is 69.8 Å². The van der Waals surface area contributed by atoms with Crippen molar-refractivity contribution in [2.24, 2.45) is 4.99 Å². The maximum atomic E-state index is 9.79. The summed E-state index contributed by atoms with van der Waals surface area (Å²) in [5.41, 5.74) is 10.9. The van der Waals surface area contributed by atoms with Crippen molar-refractivity contribution < 1.29 is 30.4 Å². The SMILES string of the molecule is CC(C)(C)c1cc(Oc2[c-]c3c(cc2)c2cc(C#N)ccc2n3-c2cc(C(C)(C)C)ccn2)[c-]c(C2C=[N+](c3c(-c4ccccc4)cccc3-c3ccccc3)C=N2)c1.[Pt+2]. The number of pyridine rings is 1. The van der Waals surface area contributed by atoms with Gasteiger partial charge in [-0.25, -0.2) is 9.56 Å². The molecule has 9 rings (SSSR count). The maximum absolute atomic E-state index is 9.79. The van der Waals surface area contributed by atoms with Crippen LogP contribution in [0, 0.1) is 23.5 Å². The van der Waals surface area contributed by atoms with Gasteiger partial charge in [0.1, 0.15) is 17.7 Å². The molecule has 0 spiro atoms. The van der Waals surface area contributed by atoms with Crippen molar-refractivity contribution in [3.8, 4) is 45.6 Å². The number of nitriles is 1. The molecule has 0 bridgehead atoms. The fraction of sp³-hybridized carbons (Fsp3) is 0.170. The number of hydrogen-bond donors (Lipinski definition) is 0. The molecule has 60 heavy (non-hydrogen) atoms. The van der Waals surface area contributed by atoms with Crippen molar-refractivity contribution in [1.82, 2.24) is 9.55 Å². The third-order valence-corrected chi connectivity index (χ3v) is 11.0. The van der Waals surface area contributed by atoms with Gasteiger partial charge in [0.05, 0.1) is 11.6 Å². The van der Waals surface area contributed by atoms with E-state index in [2.05, 4.69) is 166 Å². The molecule has 3 heterocycles. The first-order chi connectivity index (χ1) is 28.4. The molecule has 0 saturated heterocycles. The Bertz CT molecular complexity index is 2940. The monoisotopic (exact) mass is 961 g/mol. The summed E-state index contributed by atoms with van der Waals surface area (Å²) in [7, 11) is 0. The molecule has 1 atom stereocenters. The van der Waals surface area contributed by atoms with Crippen molar-refractivity contribution in [3.05, 3.63) is 174 Å². The van der Waals surface area contributed by atoms with Gasteiger partial charge in [-0.2, -0.15) is 17.4 Å². The van der Waals surface area contributed by atoms with E-state index < -0.39 is 0 Å². The van der Waals surface area contributed by atoms with E-state index in [1.165, 1.54) is 5.56 Å². The minimum atomic E-state index is -0.295. The molecule has 296 valence electrons. The first-order valence-electron chi connectivity index (χ1n) is 20.0. The zero-order valence-corrected chi connectivity index (χ0v) is 36.7. The van der Waals surface area contributed by atoms with Crippen LogP contribution in [0.5, 0.6) is 11.5 Å². The Morgan fingerprint density at radius 1 is 0.683 bits per heavy atom. The summed E-state index contributed by atoms with van der Waals surface area (Å²) in [6.07, 6.45) is 5.96. The van der Waals surface area contributed by atoms with Crippen molar-refractivity contribution in [2.75, 3.05) is 0 Å². The zero-order valence-electron chi connectivity index (χ0n) is 34.5. The van der Waals surface area contributed by atoms with Gasteiger partial charge in [-0.3, -0.25) is 0 Å². The molecule has 1 aliphatic heterocycles. The minimum Gasteiger partial charge on any atom is -0.509 e. The number of nitrogens with zero attached hydrogens (tertiary/aromatic N) is 5. The number of para-hydroxylation sites is 1. The topological polar surface area (TPSA) is 66.2 Å². The standard InChI is InChI=1S/C53H44N5O.Pt/c1-52(2,3)39-24-25-55-50(30-39)58-48-23-20-35(32-54)26-46(48)45-22-21-41(31-49(45)58)59-42-28-38(27-40(29-42)53(4,5)6)47-33-57(34-56-47)51-43(36-14-9-7-10-15-36)18-13-19-44(51)37-16-11-8-12-17-37;/h7-27,29-30,33-34,47H,1-6H3;/q-1;+2. The fourth-order valence-corrected chi connectivity index (χ4v) is 7.82. The molecule has 0 fully saturated rings. The quantitative estimate of drug-likeness (QED) is 0.118. The Kier molecular flexibility index (Phi) is 10.8. The number of hydrogen-bond acceptors (Lipinski definition) is 4. The second-order valence-corrected chi connectivity index (χ2v) is 17.2. The molecule has 0 radical (unpaired) electrons. The maximum Gasteiger partial charge on any atom is 2.00 e. The van der Waals surface area contributed by atoms with E-state index >= 15 is 0 Å². The second-order valence-electron chi connectivity index (χ2n) is 17.2. The summed E-state index contributed by atoms with van der Waals surface area (Å²) in [5.74, 6) is 1.91. The van der Waals surface area contributed by atoms with Crippen LogP contribution in [0.15, 0.2) is 145 Å². The van der Waals surface area contributed by atoms with Crippen molar-refractivity contribution in [3.63, 3.8) is 0 Å². The van der Waals surface area contributed by atoms with E-state index in [9.17, 15) is 5.26 Å². The summed E-state index contributed by atoms with van der Waals surface area (Å²) >= 11 is 0. The normalized spacial score (nSPS) is 13.9. The number of benzene rings is 6. The Hall–Kier alpha value is -6.41. The average Bonchev–Trinajstić information content (AvgIpc) is 3.86. The molecule has 1 unspecified atom stereocenters. The minimum absolute atomic E-state index is 0. The first kappa shape index (κ1) is 40.4. The van der Waals surface area contributed by atoms with Gasteiger partial charge in [0.2, 0.25) is 0 Å². The van der Waals surface area contributed by atoms with Crippen molar-refractivity contribution in [2.45, 2.75) is 58.4 Å². The number of ether oxygens (including phenoxy) is 1. The van der Waals surface area contributed by atoms with Crippen LogP contribution in [-0.4, -0.2) is 26.7 Å². The molecular weight excluding hydrogens is 918 g/mol. The molecule has 2 aromatic heterocycles. The van der Waals surface area contributed by atoms with E-state index in [4.69, 9.17) is 14.7 Å². The predicted octanol–water partition coefficient (Wildman–Crippen LogP) is 12.9. The Morgan fingerprint density at radius 3 is 2.02 bits per heavy atom. The summed E-state index contributed by atoms with van der Waals surface area (Å²) in [6.45, 7) is 13.2. The Balaban J connectivity index is 0.00000499. The van der Waals surface area contributed by atoms with Crippen LogP contribution >= 0.6 is 0 Å². The predicted molar refractivity (Wildman–Crippen MR) is 239 cm³/mol. The Morgan fingerprint density at radius 2 is 1.37 bits per heavy atom. The largest absolute Gasteiger partial charge is 2.00 e. The molecule has 6 nitrogen and oxygen atoms in total. The third kappa shape index (κ3) is 7.74. The molecular formula is C53H44N5OPt+. The van der Waals surface area contributed by atoms with Gasteiger partial charge in [0.15, 0.2) is 6.04 Å². The van der Waals surface area contributed by atoms with Crippen LogP contribution < -0.4 is 4.74 Å². The van der Waals surface area contributed by atoms with Crippen LogP contribution in [-0.2, 0) is 31.9 Å². The summed E-state index contributed by atoms with van der Waals surface area (Å²) in [5, 5.41) is 11.7. The molecule has 6 aromatic carbocycles. The van der Waals surface area contributed by atoms with Gasteiger partial charge in [-0.15, -0.1) is 40.8 Å². The molecule has 0 aliphatic carbocycles. The average molecular weight is 962 g/mol. The van der Waals surface area contributed by atoms with E-state index in [0.717, 1.165) is 66.7 Å². The second kappa shape index (κ2) is 16.0. The van der Waals surface area contributed by atoms with Gasteiger partial charge in [0, 0.05) is 34.3 Å². The van der Waals surface area contributed by atoms with Gasteiger partial charge >= 0.3 is 21.1 Å². The molecule has 0 saturated carbocycles. The van der Waals surface area contributed by atoms with E-state index in [-0.39, 0.29) is 37.9 Å². The number of rotatable bonds is 7. The van der Waals surface area contributed by atoms with E-state index in [1.54, 1.807) is 0 Å². The summed E-state index contributed by atoms with van der Waals surface area (Å²) in [4.78, 5) is 9.90. The van der Waals surface area contributed by atoms with Crippen molar-refractivity contribution in [1.29, 1.82) is 5.26 Å². The third-order valence-electron chi connectivity index (χ3n) is 11.0. The van der Waals surface area contributed by atoms with Gasteiger partial charge in [-0.05, 0) is 63.2 Å². The molecule has 0 amide bonds. The van der Waals surface area contributed by atoms with Crippen LogP contribution in [0.2, 0.25) is 0 Å². The van der Waals surface area contributed by atoms with Gasteiger partial charge < -0.3 is 9.30 Å². The van der Waals surface area contributed by atoms with Gasteiger partial charge in [0.25, 0.3) is 6.34 Å². The van der Waals surface area contributed by atoms with Crippen LogP contribution in [0.25, 0.3) is 49.9 Å². The van der Waals surface area contributed by atoms with E-state index in [1.807, 2.05) is 55.0 Å². The molecule has 7 heteroatoms. The number of aromatic nitrogens is 2.